The van der Waals surface area contributed by atoms with Crippen molar-refractivity contribution < 1.29 is 9.59 Å². The van der Waals surface area contributed by atoms with E-state index in [9.17, 15) is 9.59 Å². The number of aromatic nitrogens is 3. The Morgan fingerprint density at radius 2 is 2.04 bits per heavy atom. The normalized spacial score (nSPS) is 16.0. The summed E-state index contributed by atoms with van der Waals surface area (Å²) in [6.45, 7) is 2.41. The van der Waals surface area contributed by atoms with E-state index in [1.54, 1.807) is 46.0 Å². The van der Waals surface area contributed by atoms with Crippen molar-refractivity contribution in [2.45, 2.75) is 13.0 Å². The Morgan fingerprint density at radius 1 is 1.29 bits per heavy atom. The highest BCUT2D eigenvalue weighted by atomic mass is 35.5. The second-order valence-electron chi connectivity index (χ2n) is 6.48. The zero-order valence-corrected chi connectivity index (χ0v) is 15.7. The number of rotatable bonds is 3. The number of fused-ring (bicyclic) bond motifs is 1. The largest absolute Gasteiger partial charge is 0.383 e. The number of carbonyl (C=O) groups excluding carboxylic acids is 2. The van der Waals surface area contributed by atoms with Crippen LogP contribution in [0.2, 0.25) is 5.02 Å². The lowest BCUT2D eigenvalue weighted by Gasteiger charge is -2.32. The van der Waals surface area contributed by atoms with E-state index >= 15 is 0 Å². The van der Waals surface area contributed by atoms with Crippen LogP contribution in [0.4, 0.5) is 17.2 Å². The summed E-state index contributed by atoms with van der Waals surface area (Å²) in [6.07, 6.45) is 2.97. The summed E-state index contributed by atoms with van der Waals surface area (Å²) in [5.41, 5.74) is 7.36. The van der Waals surface area contributed by atoms with Crippen molar-refractivity contribution in [1.82, 2.24) is 14.8 Å². The van der Waals surface area contributed by atoms with E-state index in [0.717, 1.165) is 5.69 Å². The van der Waals surface area contributed by atoms with E-state index in [-0.39, 0.29) is 23.3 Å². The number of nitrogens with two attached hydrogens (primary N) is 1. The monoisotopic (exact) mass is 396 g/mol. The molecule has 1 aliphatic rings. The van der Waals surface area contributed by atoms with Crippen molar-refractivity contribution in [2.24, 2.45) is 0 Å². The number of amides is 2. The topological polar surface area (TPSA) is 106 Å². The van der Waals surface area contributed by atoms with E-state index in [1.807, 2.05) is 6.92 Å². The Morgan fingerprint density at radius 3 is 2.75 bits per heavy atom. The van der Waals surface area contributed by atoms with Crippen molar-refractivity contribution in [2.75, 3.05) is 22.5 Å². The molecule has 3 aromatic rings. The molecule has 28 heavy (non-hydrogen) atoms. The first-order valence-electron chi connectivity index (χ1n) is 8.62. The van der Waals surface area contributed by atoms with Crippen LogP contribution in [-0.4, -0.2) is 33.1 Å². The second kappa shape index (κ2) is 6.97. The van der Waals surface area contributed by atoms with Gasteiger partial charge in [-0.05, 0) is 43.3 Å². The van der Waals surface area contributed by atoms with Crippen LogP contribution in [-0.2, 0) is 0 Å². The lowest BCUT2D eigenvalue weighted by atomic mass is 10.1. The number of nitrogen functional groups attached to an aromatic ring is 1. The van der Waals surface area contributed by atoms with E-state index < -0.39 is 5.91 Å². The molecular weight excluding hydrogens is 380 g/mol. The number of pyridine rings is 1. The van der Waals surface area contributed by atoms with Gasteiger partial charge in [0.2, 0.25) is 0 Å². The molecule has 0 radical (unpaired) electrons. The number of nitrogens with zero attached hydrogens (tertiary/aromatic N) is 4. The summed E-state index contributed by atoms with van der Waals surface area (Å²) >= 11 is 5.95. The van der Waals surface area contributed by atoms with E-state index in [4.69, 9.17) is 17.3 Å². The molecule has 8 nitrogen and oxygen atoms in total. The lowest BCUT2D eigenvalue weighted by Crippen LogP contribution is -2.43. The maximum atomic E-state index is 13.2. The van der Waals surface area contributed by atoms with Crippen LogP contribution >= 0.6 is 11.6 Å². The van der Waals surface area contributed by atoms with Gasteiger partial charge >= 0.3 is 0 Å². The fraction of sp³-hybridized carbons (Fsp3) is 0.158. The molecular formula is C19H17ClN6O2. The number of halogens is 1. The summed E-state index contributed by atoms with van der Waals surface area (Å²) in [5, 5.41) is 7.61. The third-order valence-electron chi connectivity index (χ3n) is 4.58. The van der Waals surface area contributed by atoms with Gasteiger partial charge in [0, 0.05) is 23.5 Å². The highest BCUT2D eigenvalue weighted by molar-refractivity contribution is 6.30. The quantitative estimate of drug-likeness (QED) is 0.707. The molecule has 0 saturated heterocycles. The first kappa shape index (κ1) is 18.0. The van der Waals surface area contributed by atoms with Gasteiger partial charge in [-0.25, -0.2) is 4.98 Å². The van der Waals surface area contributed by atoms with Gasteiger partial charge in [0.25, 0.3) is 11.8 Å². The Bertz CT molecular complexity index is 1060. The molecule has 0 bridgehead atoms. The molecule has 0 spiro atoms. The molecule has 3 N–H and O–H groups in total. The fourth-order valence-electron chi connectivity index (χ4n) is 3.20. The molecule has 2 amide bonds. The maximum absolute atomic E-state index is 13.2. The molecule has 0 aliphatic carbocycles. The van der Waals surface area contributed by atoms with Crippen molar-refractivity contribution >= 4 is 40.6 Å². The summed E-state index contributed by atoms with van der Waals surface area (Å²) in [5.74, 6) is -0.596. The minimum Gasteiger partial charge on any atom is -0.383 e. The number of hydrogen-bond donors (Lipinski definition) is 2. The van der Waals surface area contributed by atoms with Crippen LogP contribution in [0.15, 0.2) is 48.8 Å². The van der Waals surface area contributed by atoms with Crippen LogP contribution in [0.3, 0.4) is 0 Å². The summed E-state index contributed by atoms with van der Waals surface area (Å²) in [4.78, 5) is 31.3. The number of anilines is 3. The summed E-state index contributed by atoms with van der Waals surface area (Å²) < 4.78 is 1.62. The van der Waals surface area contributed by atoms with Gasteiger partial charge < -0.3 is 16.0 Å². The Labute approximate surface area is 165 Å². The van der Waals surface area contributed by atoms with Crippen LogP contribution in [0, 0.1) is 0 Å². The van der Waals surface area contributed by atoms with E-state index in [1.165, 1.54) is 12.4 Å². The first-order chi connectivity index (χ1) is 13.5. The van der Waals surface area contributed by atoms with Crippen molar-refractivity contribution in [1.29, 1.82) is 0 Å². The highest BCUT2D eigenvalue weighted by Crippen LogP contribution is 2.31. The zero-order valence-electron chi connectivity index (χ0n) is 15.0. The lowest BCUT2D eigenvalue weighted by molar-refractivity contribution is 0.0954. The molecule has 1 aromatic carbocycles. The highest BCUT2D eigenvalue weighted by Gasteiger charge is 2.34. The van der Waals surface area contributed by atoms with E-state index in [2.05, 4.69) is 15.4 Å². The number of carbonyl (C=O) groups is 2. The predicted molar refractivity (Wildman–Crippen MR) is 107 cm³/mol. The molecule has 4 rings (SSSR count). The van der Waals surface area contributed by atoms with Gasteiger partial charge in [-0.3, -0.25) is 14.3 Å². The van der Waals surface area contributed by atoms with Crippen molar-refractivity contribution in [3.63, 3.8) is 0 Å². The van der Waals surface area contributed by atoms with Gasteiger partial charge in [-0.1, -0.05) is 11.6 Å². The molecule has 142 valence electrons. The number of benzene rings is 1. The fourth-order valence-corrected chi connectivity index (χ4v) is 3.32. The molecule has 1 atom stereocenters. The molecule has 0 fully saturated rings. The van der Waals surface area contributed by atoms with Gasteiger partial charge in [0.1, 0.15) is 5.82 Å². The number of nitrogens with one attached hydrogen (secondary N) is 1. The average Bonchev–Trinajstić information content (AvgIpc) is 3.10. The summed E-state index contributed by atoms with van der Waals surface area (Å²) in [7, 11) is 0. The minimum atomic E-state index is -0.453. The van der Waals surface area contributed by atoms with Crippen LogP contribution in [0.1, 0.15) is 33.8 Å². The smallest absolute Gasteiger partial charge is 0.278 e. The average molecular weight is 397 g/mol. The SMILES string of the molecule is C[C@H]1CN(c2ccc(Cl)cc2)C(=O)c2c(NC(=O)c3cccnc3N)cnn21. The number of hydrogen-bond acceptors (Lipinski definition) is 5. The molecule has 0 unspecified atom stereocenters. The summed E-state index contributed by atoms with van der Waals surface area (Å²) in [6, 6.07) is 10.1. The Kier molecular flexibility index (Phi) is 4.48. The second-order valence-corrected chi connectivity index (χ2v) is 6.92. The van der Waals surface area contributed by atoms with Gasteiger partial charge in [-0.2, -0.15) is 5.10 Å². The van der Waals surface area contributed by atoms with E-state index in [0.29, 0.717) is 22.9 Å². The maximum Gasteiger partial charge on any atom is 0.278 e. The standard InChI is InChI=1S/C19H17ClN6O2/c1-11-10-25(13-6-4-12(20)5-7-13)19(28)16-15(9-23-26(11)16)24-18(27)14-3-2-8-22-17(14)21/h2-9,11H,10H2,1H3,(H2,21,22)(H,24,27)/t11-/m0/s1. The van der Waals surface area contributed by atoms with Crippen LogP contribution < -0.4 is 16.0 Å². The first-order valence-corrected chi connectivity index (χ1v) is 9.00. The van der Waals surface area contributed by atoms with Crippen molar-refractivity contribution in [3.8, 4) is 0 Å². The molecule has 0 saturated carbocycles. The Hall–Kier alpha value is -3.39. The van der Waals surface area contributed by atoms with Crippen LogP contribution in [0.5, 0.6) is 0 Å². The zero-order chi connectivity index (χ0) is 19.8. The minimum absolute atomic E-state index is 0.0718. The third-order valence-corrected chi connectivity index (χ3v) is 4.83. The third kappa shape index (κ3) is 3.07. The van der Waals surface area contributed by atoms with Gasteiger partial charge in [0.05, 0.1) is 23.5 Å². The van der Waals surface area contributed by atoms with Gasteiger partial charge in [0.15, 0.2) is 5.69 Å². The van der Waals surface area contributed by atoms with Crippen molar-refractivity contribution in [3.05, 3.63) is 65.1 Å². The molecule has 9 heteroatoms. The molecule has 3 heterocycles. The van der Waals surface area contributed by atoms with Gasteiger partial charge in [-0.15, -0.1) is 0 Å². The van der Waals surface area contributed by atoms with Crippen LogP contribution in [0.25, 0.3) is 0 Å². The Balaban J connectivity index is 1.67. The molecule has 2 aromatic heterocycles. The predicted octanol–water partition coefficient (Wildman–Crippen LogP) is 2.99. The molecule has 1 aliphatic heterocycles.